The molecule has 17 heavy (non-hydrogen) atoms. The highest BCUT2D eigenvalue weighted by Gasteiger charge is 2.18. The molecule has 0 aromatic carbocycles. The number of carbonyl (C=O) groups is 1. The van der Waals surface area contributed by atoms with Gasteiger partial charge in [0, 0.05) is 24.1 Å². The first-order valence-corrected chi connectivity index (χ1v) is 6.52. The van der Waals surface area contributed by atoms with Crippen molar-refractivity contribution in [3.63, 3.8) is 0 Å². The zero-order valence-electron chi connectivity index (χ0n) is 9.92. The normalized spacial score (nSPS) is 20.1. The minimum Gasteiger partial charge on any atom is -0.464 e. The molecule has 6 heteroatoms. The van der Waals surface area contributed by atoms with Crippen LogP contribution in [0.15, 0.2) is 12.4 Å². The second-order valence-electron chi connectivity index (χ2n) is 3.88. The highest BCUT2D eigenvalue weighted by molar-refractivity contribution is 8.00. The molecule has 2 heterocycles. The van der Waals surface area contributed by atoms with E-state index in [0.717, 1.165) is 24.7 Å². The van der Waals surface area contributed by atoms with Crippen molar-refractivity contribution in [1.29, 1.82) is 0 Å². The second kappa shape index (κ2) is 5.35. The van der Waals surface area contributed by atoms with Gasteiger partial charge < -0.3 is 9.64 Å². The average molecular weight is 253 g/mol. The van der Waals surface area contributed by atoms with Gasteiger partial charge in [-0.15, -0.1) is 0 Å². The Balaban J connectivity index is 2.09. The summed E-state index contributed by atoms with van der Waals surface area (Å²) in [5, 5.41) is 0.603. The Bertz CT molecular complexity index is 396. The Morgan fingerprint density at radius 3 is 2.94 bits per heavy atom. The topological polar surface area (TPSA) is 55.3 Å². The molecule has 0 amide bonds. The van der Waals surface area contributed by atoms with Gasteiger partial charge in [0.1, 0.15) is 5.82 Å². The molecule has 0 saturated carbocycles. The minimum atomic E-state index is -0.452. The lowest BCUT2D eigenvalue weighted by Gasteiger charge is -2.31. The molecule has 1 saturated heterocycles. The molecule has 0 N–H and O–H groups in total. The predicted octanol–water partition coefficient (Wildman–Crippen LogP) is 1.20. The van der Waals surface area contributed by atoms with Crippen LogP contribution in [-0.2, 0) is 4.74 Å². The number of hydrogen-bond acceptors (Lipinski definition) is 6. The first-order chi connectivity index (χ1) is 8.20. The van der Waals surface area contributed by atoms with E-state index >= 15 is 0 Å². The van der Waals surface area contributed by atoms with Crippen molar-refractivity contribution in [1.82, 2.24) is 9.97 Å². The van der Waals surface area contributed by atoms with Crippen molar-refractivity contribution in [2.75, 3.05) is 30.9 Å². The van der Waals surface area contributed by atoms with Gasteiger partial charge in [0.2, 0.25) is 0 Å². The van der Waals surface area contributed by atoms with Gasteiger partial charge in [-0.2, -0.15) is 11.8 Å². The first-order valence-electron chi connectivity index (χ1n) is 5.47. The van der Waals surface area contributed by atoms with E-state index in [1.807, 2.05) is 11.8 Å². The molecule has 0 spiro atoms. The molecular formula is C11H15N3O2S. The molecule has 2 rings (SSSR count). The van der Waals surface area contributed by atoms with Crippen LogP contribution in [-0.4, -0.2) is 47.1 Å². The molecule has 1 aromatic rings. The van der Waals surface area contributed by atoms with Crippen LogP contribution in [0.5, 0.6) is 0 Å². The highest BCUT2D eigenvalue weighted by Crippen LogP contribution is 2.21. The summed E-state index contributed by atoms with van der Waals surface area (Å²) in [7, 11) is 1.33. The van der Waals surface area contributed by atoms with Gasteiger partial charge in [0.15, 0.2) is 5.69 Å². The zero-order chi connectivity index (χ0) is 12.3. The predicted molar refractivity (Wildman–Crippen MR) is 67.5 cm³/mol. The number of rotatable bonds is 2. The summed E-state index contributed by atoms with van der Waals surface area (Å²) in [4.78, 5) is 21.7. The fourth-order valence-electron chi connectivity index (χ4n) is 1.72. The summed E-state index contributed by atoms with van der Waals surface area (Å²) >= 11 is 1.96. The molecule has 1 fully saturated rings. The molecule has 1 aliphatic rings. The highest BCUT2D eigenvalue weighted by atomic mass is 32.2. The summed E-state index contributed by atoms with van der Waals surface area (Å²) < 4.78 is 4.58. The molecule has 1 unspecified atom stereocenters. The maximum atomic E-state index is 11.2. The van der Waals surface area contributed by atoms with Crippen LogP contribution in [0.4, 0.5) is 5.82 Å². The lowest BCUT2D eigenvalue weighted by atomic mass is 10.3. The van der Waals surface area contributed by atoms with E-state index in [0.29, 0.717) is 5.25 Å². The van der Waals surface area contributed by atoms with E-state index in [2.05, 4.69) is 26.5 Å². The fourth-order valence-corrected chi connectivity index (χ4v) is 2.73. The molecule has 92 valence electrons. The number of thioether (sulfide) groups is 1. The number of nitrogens with zero attached hydrogens (tertiary/aromatic N) is 3. The van der Waals surface area contributed by atoms with Crippen LogP contribution in [0.25, 0.3) is 0 Å². The Morgan fingerprint density at radius 1 is 1.53 bits per heavy atom. The van der Waals surface area contributed by atoms with Gasteiger partial charge in [-0.1, -0.05) is 6.92 Å². The molecule has 1 aliphatic heterocycles. The fraction of sp³-hybridized carbons (Fsp3) is 0.545. The molecule has 0 bridgehead atoms. The molecular weight excluding hydrogens is 238 g/mol. The number of anilines is 1. The minimum absolute atomic E-state index is 0.246. The average Bonchev–Trinajstić information content (AvgIpc) is 2.38. The van der Waals surface area contributed by atoms with Crippen LogP contribution >= 0.6 is 11.8 Å². The lowest BCUT2D eigenvalue weighted by Crippen LogP contribution is -2.37. The van der Waals surface area contributed by atoms with Gasteiger partial charge in [0.25, 0.3) is 0 Å². The van der Waals surface area contributed by atoms with E-state index in [4.69, 9.17) is 0 Å². The maximum Gasteiger partial charge on any atom is 0.358 e. The second-order valence-corrected chi connectivity index (χ2v) is 5.43. The van der Waals surface area contributed by atoms with Crippen molar-refractivity contribution in [2.45, 2.75) is 12.2 Å². The summed E-state index contributed by atoms with van der Waals surface area (Å²) in [5.74, 6) is 1.47. The monoisotopic (exact) mass is 253 g/mol. The van der Waals surface area contributed by atoms with Gasteiger partial charge in [0.05, 0.1) is 19.5 Å². The summed E-state index contributed by atoms with van der Waals surface area (Å²) in [5.41, 5.74) is 0.246. The van der Waals surface area contributed by atoms with Gasteiger partial charge >= 0.3 is 5.97 Å². The number of esters is 1. The van der Waals surface area contributed by atoms with Crippen molar-refractivity contribution in [3.05, 3.63) is 18.1 Å². The number of ether oxygens (including phenoxy) is 1. The van der Waals surface area contributed by atoms with E-state index in [1.54, 1.807) is 6.20 Å². The summed E-state index contributed by atoms with van der Waals surface area (Å²) in [6.45, 7) is 4.14. The van der Waals surface area contributed by atoms with Crippen molar-refractivity contribution in [3.8, 4) is 0 Å². The van der Waals surface area contributed by atoms with Crippen LogP contribution < -0.4 is 4.90 Å². The Labute approximate surface area is 105 Å². The largest absolute Gasteiger partial charge is 0.464 e. The van der Waals surface area contributed by atoms with E-state index in [1.165, 1.54) is 13.3 Å². The third kappa shape index (κ3) is 2.88. The van der Waals surface area contributed by atoms with E-state index < -0.39 is 5.97 Å². The van der Waals surface area contributed by atoms with Crippen molar-refractivity contribution in [2.24, 2.45) is 0 Å². The van der Waals surface area contributed by atoms with E-state index in [-0.39, 0.29) is 5.69 Å². The molecule has 5 nitrogen and oxygen atoms in total. The Kier molecular flexibility index (Phi) is 3.83. The standard InChI is InChI=1S/C11H15N3O2S/c1-8-7-14(3-4-17-8)10-6-12-9(5-13-10)11(15)16-2/h5-6,8H,3-4,7H2,1-2H3. The number of hydrogen-bond donors (Lipinski definition) is 0. The third-order valence-electron chi connectivity index (χ3n) is 2.60. The maximum absolute atomic E-state index is 11.2. The molecule has 0 radical (unpaired) electrons. The molecule has 1 aromatic heterocycles. The summed E-state index contributed by atoms with van der Waals surface area (Å²) in [6.07, 6.45) is 3.10. The van der Waals surface area contributed by atoms with Gasteiger partial charge in [-0.25, -0.2) is 14.8 Å². The lowest BCUT2D eigenvalue weighted by molar-refractivity contribution is 0.0593. The SMILES string of the molecule is COC(=O)c1cnc(N2CCSC(C)C2)cn1. The van der Waals surface area contributed by atoms with Gasteiger partial charge in [-0.3, -0.25) is 0 Å². The smallest absolute Gasteiger partial charge is 0.358 e. The molecule has 0 aliphatic carbocycles. The Hall–Kier alpha value is -1.30. The van der Waals surface area contributed by atoms with Crippen molar-refractivity contribution >= 4 is 23.5 Å². The molecule has 1 atom stereocenters. The van der Waals surface area contributed by atoms with Gasteiger partial charge in [-0.05, 0) is 0 Å². The zero-order valence-corrected chi connectivity index (χ0v) is 10.7. The number of methoxy groups -OCH3 is 1. The van der Waals surface area contributed by atoms with Crippen molar-refractivity contribution < 1.29 is 9.53 Å². The van der Waals surface area contributed by atoms with Crippen LogP contribution in [0.1, 0.15) is 17.4 Å². The van der Waals surface area contributed by atoms with Crippen LogP contribution in [0.3, 0.4) is 0 Å². The van der Waals surface area contributed by atoms with E-state index in [9.17, 15) is 4.79 Å². The third-order valence-corrected chi connectivity index (χ3v) is 3.73. The Morgan fingerprint density at radius 2 is 2.35 bits per heavy atom. The van der Waals surface area contributed by atoms with Crippen LogP contribution in [0.2, 0.25) is 0 Å². The summed E-state index contributed by atoms with van der Waals surface area (Å²) in [6, 6.07) is 0. The number of carbonyl (C=O) groups excluding carboxylic acids is 1. The first kappa shape index (κ1) is 12.2. The number of aromatic nitrogens is 2. The van der Waals surface area contributed by atoms with Crippen LogP contribution in [0, 0.1) is 0 Å². The quantitative estimate of drug-likeness (QED) is 0.738.